The fraction of sp³-hybridized carbons (Fsp3) is 0.0667. The first-order valence-corrected chi connectivity index (χ1v) is 7.85. The number of imide groups is 1. The van der Waals surface area contributed by atoms with Crippen LogP contribution in [0.15, 0.2) is 30.3 Å². The molecule has 122 valence electrons. The smallest absolute Gasteiger partial charge is 0.323 e. The van der Waals surface area contributed by atoms with Crippen molar-refractivity contribution in [3.63, 3.8) is 0 Å². The monoisotopic (exact) mass is 364 g/mol. The Kier molecular flexibility index (Phi) is 4.08. The number of nitrogens with one attached hydrogen (secondary N) is 1. The first-order valence-electron chi connectivity index (χ1n) is 6.66. The number of fused-ring (bicyclic) bond motifs is 1. The number of thiophene rings is 1. The zero-order chi connectivity index (χ0) is 17.4. The van der Waals surface area contributed by atoms with E-state index in [1.807, 2.05) is 0 Å². The van der Waals surface area contributed by atoms with Gasteiger partial charge < -0.3 is 10.4 Å². The fourth-order valence-corrected chi connectivity index (χ4v) is 3.28. The van der Waals surface area contributed by atoms with Gasteiger partial charge in [0.05, 0.1) is 26.0 Å². The molecule has 1 aliphatic heterocycles. The lowest BCUT2D eigenvalue weighted by molar-refractivity contribution is -0.137. The lowest BCUT2D eigenvalue weighted by Crippen LogP contribution is -2.34. The van der Waals surface area contributed by atoms with E-state index < -0.39 is 30.2 Å². The Morgan fingerprint density at radius 2 is 1.92 bits per heavy atom. The number of hydrogen-bond donors (Lipinski definition) is 2. The van der Waals surface area contributed by atoms with Crippen molar-refractivity contribution in [3.8, 4) is 0 Å². The molecular formula is C15H9ClN2O5S. The van der Waals surface area contributed by atoms with Gasteiger partial charge in [0.15, 0.2) is 0 Å². The fourth-order valence-electron chi connectivity index (χ4n) is 2.34. The van der Waals surface area contributed by atoms with Crippen molar-refractivity contribution >= 4 is 52.3 Å². The van der Waals surface area contributed by atoms with Gasteiger partial charge in [-0.25, -0.2) is 0 Å². The number of nitrogens with zero attached hydrogens (tertiary/aromatic N) is 1. The summed E-state index contributed by atoms with van der Waals surface area (Å²) >= 11 is 6.86. The molecule has 0 saturated carbocycles. The second-order valence-electron chi connectivity index (χ2n) is 4.88. The lowest BCUT2D eigenvalue weighted by Gasteiger charge is -2.10. The van der Waals surface area contributed by atoms with Crippen LogP contribution in [0.4, 0.5) is 5.69 Å². The molecule has 3 rings (SSSR count). The second kappa shape index (κ2) is 6.06. The Morgan fingerprint density at radius 3 is 2.54 bits per heavy atom. The number of carbonyl (C=O) groups excluding carboxylic acids is 3. The summed E-state index contributed by atoms with van der Waals surface area (Å²) in [5.74, 6) is -3.23. The van der Waals surface area contributed by atoms with E-state index in [1.54, 1.807) is 6.07 Å². The number of carbonyl (C=O) groups is 4. The molecule has 0 saturated heterocycles. The lowest BCUT2D eigenvalue weighted by atomic mass is 10.1. The van der Waals surface area contributed by atoms with Crippen molar-refractivity contribution in [2.75, 3.05) is 11.9 Å². The number of anilines is 1. The quantitative estimate of drug-likeness (QED) is 0.810. The van der Waals surface area contributed by atoms with Crippen LogP contribution in [0.1, 0.15) is 30.4 Å². The largest absolute Gasteiger partial charge is 0.480 e. The van der Waals surface area contributed by atoms with Gasteiger partial charge in [0.25, 0.3) is 17.7 Å². The first-order chi connectivity index (χ1) is 11.4. The summed E-state index contributed by atoms with van der Waals surface area (Å²) in [6, 6.07) is 7.50. The van der Waals surface area contributed by atoms with Gasteiger partial charge in [-0.2, -0.15) is 0 Å². The van der Waals surface area contributed by atoms with Crippen LogP contribution in [0.3, 0.4) is 0 Å². The van der Waals surface area contributed by atoms with Gasteiger partial charge in [0, 0.05) is 0 Å². The number of amides is 3. The molecule has 1 aliphatic rings. The zero-order valence-electron chi connectivity index (χ0n) is 11.9. The maximum atomic E-state index is 12.4. The number of carboxylic acid groups (broad SMARTS) is 1. The maximum absolute atomic E-state index is 12.4. The Morgan fingerprint density at radius 1 is 1.17 bits per heavy atom. The second-order valence-corrected chi connectivity index (χ2v) is 6.59. The van der Waals surface area contributed by atoms with Crippen molar-refractivity contribution in [3.05, 3.63) is 50.7 Å². The van der Waals surface area contributed by atoms with Gasteiger partial charge in [0.1, 0.15) is 6.54 Å². The molecule has 0 unspecified atom stereocenters. The molecule has 2 aromatic rings. The molecule has 24 heavy (non-hydrogen) atoms. The molecule has 0 spiro atoms. The van der Waals surface area contributed by atoms with E-state index in [1.165, 1.54) is 24.3 Å². The summed E-state index contributed by atoms with van der Waals surface area (Å²) in [6.07, 6.45) is 0. The van der Waals surface area contributed by atoms with Crippen LogP contribution in [0, 0.1) is 0 Å². The third-order valence-corrected chi connectivity index (χ3v) is 4.57. The molecule has 1 aromatic heterocycles. The van der Waals surface area contributed by atoms with Crippen LogP contribution in [0.2, 0.25) is 4.34 Å². The Bertz CT molecular complexity index is 892. The molecule has 2 heterocycles. The van der Waals surface area contributed by atoms with E-state index in [0.29, 0.717) is 14.1 Å². The van der Waals surface area contributed by atoms with Crippen LogP contribution in [0.25, 0.3) is 0 Å². The van der Waals surface area contributed by atoms with Gasteiger partial charge in [0.2, 0.25) is 0 Å². The van der Waals surface area contributed by atoms with Crippen LogP contribution in [-0.2, 0) is 4.79 Å². The number of carboxylic acids is 1. The summed E-state index contributed by atoms with van der Waals surface area (Å²) in [5.41, 5.74) is 0.191. The van der Waals surface area contributed by atoms with Gasteiger partial charge in [-0.3, -0.25) is 24.1 Å². The summed E-state index contributed by atoms with van der Waals surface area (Å²) in [6.45, 7) is -0.736. The molecule has 0 atom stereocenters. The highest BCUT2D eigenvalue weighted by Crippen LogP contribution is 2.30. The highest BCUT2D eigenvalue weighted by atomic mass is 35.5. The molecule has 0 radical (unpaired) electrons. The number of benzene rings is 1. The molecular weight excluding hydrogens is 356 g/mol. The first kappa shape index (κ1) is 16.2. The number of rotatable bonds is 4. The Hall–Kier alpha value is -2.71. The number of halogens is 1. The summed E-state index contributed by atoms with van der Waals surface area (Å²) in [4.78, 5) is 48.5. The normalized spacial score (nSPS) is 13.1. The molecule has 3 amide bonds. The van der Waals surface area contributed by atoms with Crippen LogP contribution >= 0.6 is 22.9 Å². The molecule has 1 aromatic carbocycles. The topological polar surface area (TPSA) is 104 Å². The van der Waals surface area contributed by atoms with E-state index >= 15 is 0 Å². The highest BCUT2D eigenvalue weighted by Gasteiger charge is 2.38. The SMILES string of the molecule is O=C(O)CN1C(=O)c2cccc(NC(=O)c3ccc(Cl)s3)c2C1=O. The van der Waals surface area contributed by atoms with E-state index in [-0.39, 0.29) is 16.8 Å². The molecule has 0 fully saturated rings. The van der Waals surface area contributed by atoms with Crippen molar-refractivity contribution in [2.24, 2.45) is 0 Å². The van der Waals surface area contributed by atoms with Gasteiger partial charge >= 0.3 is 5.97 Å². The Labute approximate surface area is 144 Å². The average molecular weight is 365 g/mol. The minimum Gasteiger partial charge on any atom is -0.480 e. The Balaban J connectivity index is 1.94. The van der Waals surface area contributed by atoms with Crippen LogP contribution in [-0.4, -0.2) is 40.2 Å². The van der Waals surface area contributed by atoms with Gasteiger partial charge in [-0.15, -0.1) is 11.3 Å². The number of aliphatic carboxylic acids is 1. The summed E-state index contributed by atoms with van der Waals surface area (Å²) in [7, 11) is 0. The minimum absolute atomic E-state index is 0.0141. The molecule has 7 nitrogen and oxygen atoms in total. The number of hydrogen-bond acceptors (Lipinski definition) is 5. The van der Waals surface area contributed by atoms with E-state index in [9.17, 15) is 19.2 Å². The van der Waals surface area contributed by atoms with E-state index in [4.69, 9.17) is 16.7 Å². The minimum atomic E-state index is -1.30. The predicted octanol–water partition coefficient (Wildman–Crippen LogP) is 2.33. The zero-order valence-corrected chi connectivity index (χ0v) is 13.5. The molecule has 2 N–H and O–H groups in total. The molecule has 9 heteroatoms. The highest BCUT2D eigenvalue weighted by molar-refractivity contribution is 7.18. The van der Waals surface area contributed by atoms with Crippen LogP contribution in [0.5, 0.6) is 0 Å². The van der Waals surface area contributed by atoms with Gasteiger partial charge in [-0.1, -0.05) is 17.7 Å². The van der Waals surface area contributed by atoms with Crippen molar-refractivity contribution in [2.45, 2.75) is 0 Å². The standard InChI is InChI=1S/C15H9ClN2O5S/c16-10-5-4-9(24-10)13(21)17-8-3-1-2-7-12(8)15(23)18(14(7)22)6-11(19)20/h1-5H,6H2,(H,17,21)(H,19,20). The van der Waals surface area contributed by atoms with Crippen molar-refractivity contribution < 1.29 is 24.3 Å². The predicted molar refractivity (Wildman–Crippen MR) is 86.7 cm³/mol. The third-order valence-electron chi connectivity index (χ3n) is 3.34. The third kappa shape index (κ3) is 2.77. The van der Waals surface area contributed by atoms with Crippen molar-refractivity contribution in [1.29, 1.82) is 0 Å². The summed E-state index contributed by atoms with van der Waals surface area (Å²) in [5, 5.41) is 11.4. The van der Waals surface area contributed by atoms with Crippen LogP contribution < -0.4 is 5.32 Å². The van der Waals surface area contributed by atoms with Crippen molar-refractivity contribution in [1.82, 2.24) is 4.90 Å². The van der Waals surface area contributed by atoms with E-state index in [0.717, 1.165) is 11.3 Å². The molecule has 0 bridgehead atoms. The summed E-state index contributed by atoms with van der Waals surface area (Å²) < 4.78 is 0.442. The van der Waals surface area contributed by atoms with Gasteiger partial charge in [-0.05, 0) is 24.3 Å². The molecule has 0 aliphatic carbocycles. The maximum Gasteiger partial charge on any atom is 0.323 e. The van der Waals surface area contributed by atoms with E-state index in [2.05, 4.69) is 5.32 Å². The average Bonchev–Trinajstić information content (AvgIpc) is 3.06.